The third-order valence-corrected chi connectivity index (χ3v) is 7.86. The van der Waals surface area contributed by atoms with Crippen LogP contribution in [0, 0.1) is 24.7 Å². The minimum atomic E-state index is -4.80. The van der Waals surface area contributed by atoms with E-state index in [9.17, 15) is 37.1 Å². The van der Waals surface area contributed by atoms with Crippen molar-refractivity contribution in [2.24, 2.45) is 23.5 Å². The Balaban J connectivity index is 2.92. The van der Waals surface area contributed by atoms with Crippen molar-refractivity contribution < 1.29 is 41.9 Å². The van der Waals surface area contributed by atoms with Gasteiger partial charge in [-0.3, -0.25) is 19.2 Å². The first kappa shape index (κ1) is 39.8. The van der Waals surface area contributed by atoms with Gasteiger partial charge in [0.1, 0.15) is 0 Å². The molecule has 0 aromatic heterocycles. The van der Waals surface area contributed by atoms with E-state index < -0.39 is 59.3 Å². The number of benzene rings is 1. The summed E-state index contributed by atoms with van der Waals surface area (Å²) in [6.45, 7) is 8.12. The zero-order chi connectivity index (χ0) is 34.2. The summed E-state index contributed by atoms with van der Waals surface area (Å²) >= 11 is 0. The highest BCUT2D eigenvalue weighted by Gasteiger charge is 2.37. The van der Waals surface area contributed by atoms with Crippen molar-refractivity contribution in [1.82, 2.24) is 5.32 Å². The number of hydrogen-bond acceptors (Lipinski definition) is 6. The highest BCUT2D eigenvalue weighted by molar-refractivity contribution is 5.96. The van der Waals surface area contributed by atoms with Crippen molar-refractivity contribution in [2.45, 2.75) is 124 Å². The molecule has 45 heavy (non-hydrogen) atoms. The first-order valence-corrected chi connectivity index (χ1v) is 16.1. The molecule has 0 radical (unpaired) electrons. The van der Waals surface area contributed by atoms with E-state index in [0.717, 1.165) is 31.7 Å². The van der Waals surface area contributed by atoms with Crippen molar-refractivity contribution >= 4 is 29.4 Å². The molecular weight excluding hydrogens is 589 g/mol. The molecule has 11 heteroatoms. The molecule has 0 saturated heterocycles. The number of aryl methyl sites for hydroxylation is 1. The molecule has 0 heterocycles. The van der Waals surface area contributed by atoms with Crippen molar-refractivity contribution in [2.75, 3.05) is 6.61 Å². The molecule has 0 bridgehead atoms. The Hall–Kier alpha value is -3.24. The van der Waals surface area contributed by atoms with Crippen molar-refractivity contribution in [1.29, 1.82) is 0 Å². The number of alkyl halides is 3. The number of Topliss-reactive ketones (excluding diaryl/α,β-unsaturated/α-hetero) is 2. The number of unbranched alkanes of at least 4 members (excludes halogenated alkanes) is 6. The van der Waals surface area contributed by atoms with Gasteiger partial charge in [-0.05, 0) is 43.7 Å². The number of ketones is 2. The van der Waals surface area contributed by atoms with Gasteiger partial charge in [-0.1, -0.05) is 84.8 Å². The molecular formula is C34H51F3N2O6. The summed E-state index contributed by atoms with van der Waals surface area (Å²) in [5.74, 6) is -4.68. The van der Waals surface area contributed by atoms with E-state index >= 15 is 0 Å². The number of nitrogens with two attached hydrogens (primary N) is 1. The van der Waals surface area contributed by atoms with Gasteiger partial charge in [0.05, 0.1) is 17.2 Å². The minimum absolute atomic E-state index is 0.0326. The van der Waals surface area contributed by atoms with Gasteiger partial charge in [-0.15, -0.1) is 0 Å². The summed E-state index contributed by atoms with van der Waals surface area (Å²) in [4.78, 5) is 63.7. The van der Waals surface area contributed by atoms with Gasteiger partial charge in [-0.2, -0.15) is 13.2 Å². The molecule has 3 atom stereocenters. The van der Waals surface area contributed by atoms with E-state index in [4.69, 9.17) is 10.5 Å². The quantitative estimate of drug-likeness (QED) is 0.105. The van der Waals surface area contributed by atoms with Crippen LogP contribution in [-0.4, -0.2) is 42.0 Å². The summed E-state index contributed by atoms with van der Waals surface area (Å²) in [5, 5.41) is 2.74. The lowest BCUT2D eigenvalue weighted by molar-refractivity contribution is -0.138. The van der Waals surface area contributed by atoms with Crippen LogP contribution in [0.5, 0.6) is 0 Å². The van der Waals surface area contributed by atoms with Gasteiger partial charge >= 0.3 is 12.1 Å². The lowest BCUT2D eigenvalue weighted by Crippen LogP contribution is -2.44. The number of carbonyl (C=O) groups is 5. The Morgan fingerprint density at radius 3 is 2.11 bits per heavy atom. The van der Waals surface area contributed by atoms with Crippen molar-refractivity contribution in [3.63, 3.8) is 0 Å². The summed E-state index contributed by atoms with van der Waals surface area (Å²) < 4.78 is 45.5. The number of hydrogen-bond donors (Lipinski definition) is 2. The van der Waals surface area contributed by atoms with Crippen LogP contribution in [0.4, 0.5) is 13.2 Å². The lowest BCUT2D eigenvalue weighted by atomic mass is 9.86. The first-order chi connectivity index (χ1) is 21.1. The number of carbonyl (C=O) groups excluding carboxylic acids is 5. The number of amides is 2. The second-order valence-electron chi connectivity index (χ2n) is 12.4. The second-order valence-corrected chi connectivity index (χ2v) is 12.4. The van der Waals surface area contributed by atoms with Crippen molar-refractivity contribution in [3.05, 3.63) is 34.9 Å². The Labute approximate surface area is 265 Å². The third kappa shape index (κ3) is 15.1. The Bertz CT molecular complexity index is 1140. The second kappa shape index (κ2) is 20.0. The predicted octanol–water partition coefficient (Wildman–Crippen LogP) is 6.89. The molecule has 3 N–H and O–H groups in total. The monoisotopic (exact) mass is 640 g/mol. The molecule has 1 aromatic rings. The maximum Gasteiger partial charge on any atom is 0.417 e. The molecule has 0 saturated carbocycles. The van der Waals surface area contributed by atoms with Crippen molar-refractivity contribution in [3.8, 4) is 0 Å². The smallest absolute Gasteiger partial charge is 0.417 e. The molecule has 0 aliphatic heterocycles. The molecule has 0 fully saturated rings. The van der Waals surface area contributed by atoms with Crippen LogP contribution < -0.4 is 11.1 Å². The Morgan fingerprint density at radius 2 is 1.53 bits per heavy atom. The van der Waals surface area contributed by atoms with E-state index in [2.05, 4.69) is 12.2 Å². The number of esters is 1. The van der Waals surface area contributed by atoms with Crippen LogP contribution >= 0.6 is 0 Å². The molecule has 0 aliphatic rings. The van der Waals surface area contributed by atoms with Crippen LogP contribution in [0.1, 0.15) is 126 Å². The van der Waals surface area contributed by atoms with Crippen LogP contribution in [0.15, 0.2) is 18.2 Å². The van der Waals surface area contributed by atoms with Gasteiger partial charge in [0.25, 0.3) is 0 Å². The highest BCUT2D eigenvalue weighted by atomic mass is 19.4. The fourth-order valence-corrected chi connectivity index (χ4v) is 5.24. The first-order valence-electron chi connectivity index (χ1n) is 16.1. The molecule has 0 aliphatic carbocycles. The van der Waals surface area contributed by atoms with Crippen LogP contribution in [0.25, 0.3) is 0 Å². The fraction of sp³-hybridized carbons (Fsp3) is 0.676. The molecule has 1 aromatic carbocycles. The van der Waals surface area contributed by atoms with E-state index in [1.54, 1.807) is 6.92 Å². The van der Waals surface area contributed by atoms with Gasteiger partial charge < -0.3 is 15.8 Å². The number of ether oxygens (including phenoxy) is 1. The Kier molecular flexibility index (Phi) is 17.7. The summed E-state index contributed by atoms with van der Waals surface area (Å²) in [6, 6.07) is 2.23. The molecule has 254 valence electrons. The zero-order valence-electron chi connectivity index (χ0n) is 27.4. The molecule has 2 unspecified atom stereocenters. The van der Waals surface area contributed by atoms with E-state index in [1.165, 1.54) is 38.3 Å². The third-order valence-electron chi connectivity index (χ3n) is 7.86. The highest BCUT2D eigenvalue weighted by Crippen LogP contribution is 2.33. The lowest BCUT2D eigenvalue weighted by Gasteiger charge is -2.23. The number of primary amides is 1. The summed E-state index contributed by atoms with van der Waals surface area (Å²) in [6.07, 6.45) is 3.33. The Morgan fingerprint density at radius 1 is 0.911 bits per heavy atom. The number of rotatable bonds is 22. The maximum atomic E-state index is 13.5. The number of nitrogens with one attached hydrogen (secondary N) is 1. The largest absolute Gasteiger partial charge is 0.454 e. The average Bonchev–Trinajstić information content (AvgIpc) is 2.95. The fourth-order valence-electron chi connectivity index (χ4n) is 5.24. The predicted molar refractivity (Wildman–Crippen MR) is 166 cm³/mol. The van der Waals surface area contributed by atoms with E-state index in [-0.39, 0.29) is 49.0 Å². The van der Waals surface area contributed by atoms with Gasteiger partial charge in [0.2, 0.25) is 11.8 Å². The maximum absolute atomic E-state index is 13.5. The zero-order valence-corrected chi connectivity index (χ0v) is 27.4. The van der Waals surface area contributed by atoms with Crippen LogP contribution in [0.2, 0.25) is 0 Å². The van der Waals surface area contributed by atoms with Crippen LogP contribution in [-0.2, 0) is 30.1 Å². The topological polar surface area (TPSA) is 133 Å². The standard InChI is InChI=1S/C34H51F3N2O6/c1-6-7-8-9-10-11-12-14-24(5)32(43)39-27(17-18-30(38)42)28(40)20-25(19-22(2)3)29(41)21-45-33(44)31-23(4)15-13-16-26(31)34(35,36)37/h13,15-16,22,24-25,27H,6-12,14,17-21H2,1-5H3,(H2,38,42)(H,39,43)/t24?,25-,27?/m1/s1. The van der Waals surface area contributed by atoms with Gasteiger partial charge in [0.15, 0.2) is 18.2 Å². The van der Waals surface area contributed by atoms with E-state index in [1.807, 2.05) is 13.8 Å². The SMILES string of the molecule is CCCCCCCCCC(C)C(=O)NC(CCC(N)=O)C(=O)C[C@@H](CC(C)C)C(=O)COC(=O)c1c(C)cccc1C(F)(F)F. The molecule has 8 nitrogen and oxygen atoms in total. The molecule has 2 amide bonds. The van der Waals surface area contributed by atoms with Gasteiger partial charge in [0, 0.05) is 24.7 Å². The number of halogens is 3. The molecule has 0 spiro atoms. The molecule has 1 rings (SSSR count). The average molecular weight is 641 g/mol. The minimum Gasteiger partial charge on any atom is -0.454 e. The van der Waals surface area contributed by atoms with E-state index in [0.29, 0.717) is 6.42 Å². The van der Waals surface area contributed by atoms with Crippen LogP contribution in [0.3, 0.4) is 0 Å². The summed E-state index contributed by atoms with van der Waals surface area (Å²) in [7, 11) is 0. The van der Waals surface area contributed by atoms with Gasteiger partial charge in [-0.25, -0.2) is 4.79 Å². The summed E-state index contributed by atoms with van der Waals surface area (Å²) in [5.41, 5.74) is 3.51. The normalized spacial score (nSPS) is 13.6.